The van der Waals surface area contributed by atoms with E-state index in [9.17, 15) is 22.8 Å². The molecule has 0 aliphatic carbocycles. The van der Waals surface area contributed by atoms with E-state index in [2.05, 4.69) is 5.32 Å². The summed E-state index contributed by atoms with van der Waals surface area (Å²) in [6.45, 7) is -0.0502. The Morgan fingerprint density at radius 3 is 2.09 bits per heavy atom. The Labute approximate surface area is 182 Å². The van der Waals surface area contributed by atoms with Crippen LogP contribution in [0.25, 0.3) is 11.1 Å². The van der Waals surface area contributed by atoms with Crippen LogP contribution in [0.5, 0.6) is 0 Å². The number of hydrogen-bond acceptors (Lipinski definition) is 4. The van der Waals surface area contributed by atoms with E-state index in [1.165, 1.54) is 29.7 Å². The highest BCUT2D eigenvalue weighted by Gasteiger charge is 2.23. The first kappa shape index (κ1) is 22.8. The molecule has 2 amide bonds. The van der Waals surface area contributed by atoms with Crippen LogP contribution < -0.4 is 15.7 Å². The molecular weight excluding hydrogens is 423 g/mol. The standard InChI is InChI=1S/C23H20F3N3O3/c1-29(17-5-3-2-4-6-17)13-20(30)27-22(23(31)28-32)15-9-7-14(8-10-15)16-11-18(24)21(26)19(25)12-16/h2-12,22,32H,13H2,1H3,(H,27,30)(H,28,31). The van der Waals surface area contributed by atoms with Crippen molar-refractivity contribution < 1.29 is 28.0 Å². The van der Waals surface area contributed by atoms with Crippen LogP contribution in [0.4, 0.5) is 18.9 Å². The Morgan fingerprint density at radius 1 is 0.938 bits per heavy atom. The van der Waals surface area contributed by atoms with Gasteiger partial charge in [0, 0.05) is 12.7 Å². The van der Waals surface area contributed by atoms with Crippen molar-refractivity contribution in [3.63, 3.8) is 0 Å². The summed E-state index contributed by atoms with van der Waals surface area (Å²) in [7, 11) is 1.71. The smallest absolute Gasteiger partial charge is 0.270 e. The van der Waals surface area contributed by atoms with Crippen molar-refractivity contribution in [3.05, 3.63) is 89.7 Å². The number of hydrogen-bond donors (Lipinski definition) is 3. The van der Waals surface area contributed by atoms with Crippen molar-refractivity contribution in [2.45, 2.75) is 6.04 Å². The van der Waals surface area contributed by atoms with Crippen molar-refractivity contribution in [3.8, 4) is 11.1 Å². The van der Waals surface area contributed by atoms with Crippen molar-refractivity contribution in [1.29, 1.82) is 0 Å². The number of carbonyl (C=O) groups excluding carboxylic acids is 2. The van der Waals surface area contributed by atoms with Crippen LogP contribution in [0.2, 0.25) is 0 Å². The molecule has 0 aliphatic heterocycles. The Balaban J connectivity index is 1.77. The number of nitrogens with one attached hydrogen (secondary N) is 2. The van der Waals surface area contributed by atoms with Gasteiger partial charge in [-0.1, -0.05) is 42.5 Å². The van der Waals surface area contributed by atoms with E-state index in [0.29, 0.717) is 11.1 Å². The number of nitrogens with zero attached hydrogens (tertiary/aromatic N) is 1. The molecule has 0 fully saturated rings. The van der Waals surface area contributed by atoms with Gasteiger partial charge in [-0.05, 0) is 41.0 Å². The molecule has 1 unspecified atom stereocenters. The van der Waals surface area contributed by atoms with Crippen LogP contribution in [0, 0.1) is 17.5 Å². The summed E-state index contributed by atoms with van der Waals surface area (Å²) in [4.78, 5) is 26.3. The third kappa shape index (κ3) is 5.25. The highest BCUT2D eigenvalue weighted by molar-refractivity contribution is 5.89. The molecule has 0 heterocycles. The lowest BCUT2D eigenvalue weighted by Crippen LogP contribution is -2.43. The normalized spacial score (nSPS) is 11.5. The molecule has 3 aromatic rings. The molecule has 0 aliphatic rings. The van der Waals surface area contributed by atoms with E-state index >= 15 is 0 Å². The van der Waals surface area contributed by atoms with Gasteiger partial charge in [0.25, 0.3) is 5.91 Å². The molecule has 32 heavy (non-hydrogen) atoms. The second-order valence-corrected chi connectivity index (χ2v) is 7.04. The molecule has 6 nitrogen and oxygen atoms in total. The van der Waals surface area contributed by atoms with E-state index < -0.39 is 35.3 Å². The number of rotatable bonds is 7. The first-order valence-corrected chi connectivity index (χ1v) is 9.54. The molecule has 0 spiro atoms. The molecule has 166 valence electrons. The van der Waals surface area contributed by atoms with Crippen LogP contribution >= 0.6 is 0 Å². The van der Waals surface area contributed by atoms with Gasteiger partial charge in [0.05, 0.1) is 6.54 Å². The second kappa shape index (κ2) is 9.97. The zero-order valence-corrected chi connectivity index (χ0v) is 17.0. The largest absolute Gasteiger partial charge is 0.365 e. The third-order valence-electron chi connectivity index (χ3n) is 4.82. The van der Waals surface area contributed by atoms with Crippen molar-refractivity contribution >= 4 is 17.5 Å². The van der Waals surface area contributed by atoms with Crippen LogP contribution in [0.15, 0.2) is 66.7 Å². The predicted octanol–water partition coefficient (Wildman–Crippen LogP) is 3.57. The highest BCUT2D eigenvalue weighted by Crippen LogP contribution is 2.25. The summed E-state index contributed by atoms with van der Waals surface area (Å²) in [6, 6.07) is 15.5. The van der Waals surface area contributed by atoms with Crippen molar-refractivity contribution in [2.24, 2.45) is 0 Å². The van der Waals surface area contributed by atoms with E-state index in [1.54, 1.807) is 11.9 Å². The third-order valence-corrected chi connectivity index (χ3v) is 4.82. The van der Waals surface area contributed by atoms with E-state index in [-0.39, 0.29) is 12.1 Å². The summed E-state index contributed by atoms with van der Waals surface area (Å²) in [6.07, 6.45) is 0. The Hall–Kier alpha value is -3.85. The fraction of sp³-hybridized carbons (Fsp3) is 0.130. The summed E-state index contributed by atoms with van der Waals surface area (Å²) in [5.74, 6) is -5.55. The van der Waals surface area contributed by atoms with Crippen molar-refractivity contribution in [1.82, 2.24) is 10.8 Å². The lowest BCUT2D eigenvalue weighted by molar-refractivity contribution is -0.134. The molecule has 0 saturated heterocycles. The minimum atomic E-state index is -1.56. The minimum absolute atomic E-state index is 0.0502. The van der Waals surface area contributed by atoms with Gasteiger partial charge in [0.2, 0.25) is 5.91 Å². The van der Waals surface area contributed by atoms with Gasteiger partial charge in [-0.25, -0.2) is 18.7 Å². The number of carbonyl (C=O) groups is 2. The predicted molar refractivity (Wildman–Crippen MR) is 112 cm³/mol. The van der Waals surface area contributed by atoms with E-state index in [1.807, 2.05) is 30.3 Å². The number of likely N-dealkylation sites (N-methyl/N-ethyl adjacent to an activating group) is 1. The fourth-order valence-corrected chi connectivity index (χ4v) is 3.15. The number of halogens is 3. The maximum Gasteiger partial charge on any atom is 0.270 e. The van der Waals surface area contributed by atoms with Gasteiger partial charge >= 0.3 is 0 Å². The summed E-state index contributed by atoms with van der Waals surface area (Å²) in [5.41, 5.74) is 3.10. The molecule has 3 N–H and O–H groups in total. The van der Waals surface area contributed by atoms with Gasteiger partial charge < -0.3 is 10.2 Å². The molecule has 0 bridgehead atoms. The van der Waals surface area contributed by atoms with Crippen LogP contribution in [0.3, 0.4) is 0 Å². The molecular formula is C23H20F3N3O3. The molecule has 3 rings (SSSR count). The molecule has 3 aromatic carbocycles. The first-order chi connectivity index (χ1) is 15.3. The Bertz CT molecular complexity index is 1090. The molecule has 0 radical (unpaired) electrons. The maximum atomic E-state index is 13.5. The second-order valence-electron chi connectivity index (χ2n) is 7.04. The Morgan fingerprint density at radius 2 is 1.53 bits per heavy atom. The number of anilines is 1. The van der Waals surface area contributed by atoms with Crippen molar-refractivity contribution in [2.75, 3.05) is 18.5 Å². The van der Waals surface area contributed by atoms with E-state index in [4.69, 9.17) is 5.21 Å². The van der Waals surface area contributed by atoms with Crippen LogP contribution in [-0.2, 0) is 9.59 Å². The zero-order valence-electron chi connectivity index (χ0n) is 17.0. The molecule has 1 atom stereocenters. The highest BCUT2D eigenvalue weighted by atomic mass is 19.2. The van der Waals surface area contributed by atoms with Gasteiger partial charge in [-0.15, -0.1) is 0 Å². The summed E-state index contributed by atoms with van der Waals surface area (Å²) < 4.78 is 40.2. The molecule has 0 saturated carbocycles. The van der Waals surface area contributed by atoms with Crippen LogP contribution in [0.1, 0.15) is 11.6 Å². The zero-order chi connectivity index (χ0) is 23.3. The summed E-state index contributed by atoms with van der Waals surface area (Å²) in [5, 5.41) is 11.6. The minimum Gasteiger partial charge on any atom is -0.365 e. The lowest BCUT2D eigenvalue weighted by atomic mass is 10.00. The van der Waals surface area contributed by atoms with Crippen LogP contribution in [-0.4, -0.2) is 30.6 Å². The fourth-order valence-electron chi connectivity index (χ4n) is 3.15. The summed E-state index contributed by atoms with van der Waals surface area (Å²) >= 11 is 0. The number of amides is 2. The molecule has 9 heteroatoms. The topological polar surface area (TPSA) is 81.7 Å². The number of benzene rings is 3. The van der Waals surface area contributed by atoms with Gasteiger partial charge in [-0.2, -0.15) is 0 Å². The average molecular weight is 443 g/mol. The number of para-hydroxylation sites is 1. The maximum absolute atomic E-state index is 13.5. The monoisotopic (exact) mass is 443 g/mol. The molecule has 0 aromatic heterocycles. The number of hydroxylamine groups is 1. The van der Waals surface area contributed by atoms with Gasteiger partial charge in [0.15, 0.2) is 17.5 Å². The van der Waals surface area contributed by atoms with Gasteiger partial charge in [0.1, 0.15) is 6.04 Å². The quantitative estimate of drug-likeness (QED) is 0.296. The van der Waals surface area contributed by atoms with Gasteiger partial charge in [-0.3, -0.25) is 14.8 Å². The Kier molecular flexibility index (Phi) is 7.11. The first-order valence-electron chi connectivity index (χ1n) is 9.54. The lowest BCUT2D eigenvalue weighted by Gasteiger charge is -2.22. The van der Waals surface area contributed by atoms with E-state index in [0.717, 1.165) is 17.8 Å². The average Bonchev–Trinajstić information content (AvgIpc) is 2.81. The SMILES string of the molecule is CN(CC(=O)NC(C(=O)NO)c1ccc(-c2cc(F)c(F)c(F)c2)cc1)c1ccccc1.